The standard InChI is InChI=1S/C18H24N4O5/c1-3-4-19-14(24)6-13-20-7-10(8-21-13)11-5-12-15(9(2)23)17(25)22(12)16(11)18(26)27/h3,9-10,12,15,23H,1,4-8H2,2H3,(H,19,24)(H,20,21)(H,26,27)/t9-,12-,15-/m1/s1. The van der Waals surface area contributed by atoms with Gasteiger partial charge in [0.1, 0.15) is 11.5 Å². The Balaban J connectivity index is 1.70. The van der Waals surface area contributed by atoms with Crippen molar-refractivity contribution in [3.05, 3.63) is 23.9 Å². The lowest BCUT2D eigenvalue weighted by atomic mass is 9.82. The summed E-state index contributed by atoms with van der Waals surface area (Å²) in [7, 11) is 0. The van der Waals surface area contributed by atoms with E-state index < -0.39 is 18.0 Å². The van der Waals surface area contributed by atoms with E-state index in [0.29, 0.717) is 37.5 Å². The number of nitrogens with one attached hydrogen (secondary N) is 2. The van der Waals surface area contributed by atoms with Crippen LogP contribution in [0.3, 0.4) is 0 Å². The van der Waals surface area contributed by atoms with E-state index in [4.69, 9.17) is 0 Å². The summed E-state index contributed by atoms with van der Waals surface area (Å²) in [6.07, 6.45) is 1.34. The highest BCUT2D eigenvalue weighted by atomic mass is 16.4. The number of carbonyl (C=O) groups excluding carboxylic acids is 2. The first-order valence-electron chi connectivity index (χ1n) is 8.97. The topological polar surface area (TPSA) is 131 Å². The summed E-state index contributed by atoms with van der Waals surface area (Å²) in [4.78, 5) is 41.4. The molecule has 0 aliphatic carbocycles. The molecule has 3 rings (SSSR count). The molecule has 0 bridgehead atoms. The Kier molecular flexibility index (Phi) is 5.31. The molecule has 0 spiro atoms. The number of β-lactam (4-membered cyclic amide) rings is 1. The van der Waals surface area contributed by atoms with Crippen LogP contribution >= 0.6 is 0 Å². The van der Waals surface area contributed by atoms with Crippen LogP contribution in [0.15, 0.2) is 28.9 Å². The Morgan fingerprint density at radius 3 is 2.81 bits per heavy atom. The molecule has 3 aliphatic heterocycles. The summed E-state index contributed by atoms with van der Waals surface area (Å²) in [5.41, 5.74) is 0.700. The Hall–Kier alpha value is -2.68. The van der Waals surface area contributed by atoms with Crippen LogP contribution in [0.1, 0.15) is 19.8 Å². The van der Waals surface area contributed by atoms with E-state index in [1.54, 1.807) is 13.0 Å². The average Bonchev–Trinajstić information content (AvgIpc) is 2.95. The van der Waals surface area contributed by atoms with E-state index in [0.717, 1.165) is 0 Å². The second kappa shape index (κ2) is 7.51. The second-order valence-corrected chi connectivity index (χ2v) is 7.06. The van der Waals surface area contributed by atoms with Crippen molar-refractivity contribution in [2.45, 2.75) is 31.9 Å². The highest BCUT2D eigenvalue weighted by Gasteiger charge is 2.57. The van der Waals surface area contributed by atoms with E-state index in [9.17, 15) is 24.6 Å². The van der Waals surface area contributed by atoms with Gasteiger partial charge in [0.05, 0.1) is 24.5 Å². The molecule has 1 fully saturated rings. The monoisotopic (exact) mass is 376 g/mol. The summed E-state index contributed by atoms with van der Waals surface area (Å²) in [6.45, 7) is 6.29. The molecule has 146 valence electrons. The summed E-state index contributed by atoms with van der Waals surface area (Å²) in [6, 6.07) is -0.298. The van der Waals surface area contributed by atoms with Gasteiger partial charge in [-0.25, -0.2) is 4.79 Å². The van der Waals surface area contributed by atoms with Crippen LogP contribution in [0.4, 0.5) is 0 Å². The third-order valence-corrected chi connectivity index (χ3v) is 5.28. The van der Waals surface area contributed by atoms with Crippen LogP contribution in [0.25, 0.3) is 0 Å². The van der Waals surface area contributed by atoms with Gasteiger partial charge >= 0.3 is 5.97 Å². The van der Waals surface area contributed by atoms with Gasteiger partial charge in [-0.1, -0.05) is 6.08 Å². The van der Waals surface area contributed by atoms with E-state index in [2.05, 4.69) is 22.2 Å². The number of hydrogen-bond donors (Lipinski definition) is 4. The zero-order valence-corrected chi connectivity index (χ0v) is 15.1. The first kappa shape index (κ1) is 19.1. The number of fused-ring (bicyclic) bond motifs is 1. The van der Waals surface area contributed by atoms with Crippen LogP contribution in [0, 0.1) is 11.8 Å². The lowest BCUT2D eigenvalue weighted by Gasteiger charge is -2.44. The first-order chi connectivity index (χ1) is 12.8. The number of carbonyl (C=O) groups is 3. The summed E-state index contributed by atoms with van der Waals surface area (Å²) in [5.74, 6) is -1.80. The van der Waals surface area contributed by atoms with E-state index in [1.165, 1.54) is 4.90 Å². The zero-order valence-electron chi connectivity index (χ0n) is 15.1. The Bertz CT molecular complexity index is 742. The summed E-state index contributed by atoms with van der Waals surface area (Å²) in [5, 5.41) is 25.2. The molecule has 9 heteroatoms. The van der Waals surface area contributed by atoms with Gasteiger partial charge in [0.25, 0.3) is 0 Å². The Labute approximate surface area is 156 Å². The van der Waals surface area contributed by atoms with Crippen LogP contribution in [0.5, 0.6) is 0 Å². The number of aliphatic carboxylic acids is 1. The molecule has 4 N–H and O–H groups in total. The minimum absolute atomic E-state index is 0.0241. The zero-order chi connectivity index (χ0) is 19.7. The molecule has 3 heterocycles. The number of hydrogen-bond acceptors (Lipinski definition) is 6. The number of aliphatic imine (C=N–C) groups is 1. The fraction of sp³-hybridized carbons (Fsp3) is 0.556. The van der Waals surface area contributed by atoms with Crippen molar-refractivity contribution in [2.24, 2.45) is 16.8 Å². The molecule has 3 aliphatic rings. The molecule has 2 amide bonds. The molecule has 0 aromatic carbocycles. The highest BCUT2D eigenvalue weighted by molar-refractivity contribution is 6.01. The smallest absolute Gasteiger partial charge is 0.352 e. The molecule has 9 nitrogen and oxygen atoms in total. The lowest BCUT2D eigenvalue weighted by Crippen LogP contribution is -2.61. The van der Waals surface area contributed by atoms with Crippen LogP contribution < -0.4 is 10.6 Å². The summed E-state index contributed by atoms with van der Waals surface area (Å²) >= 11 is 0. The van der Waals surface area contributed by atoms with Crippen molar-refractivity contribution < 1.29 is 24.6 Å². The second-order valence-electron chi connectivity index (χ2n) is 7.06. The molecule has 0 aromatic rings. The molecule has 4 atom stereocenters. The number of aliphatic hydroxyl groups is 1. The van der Waals surface area contributed by atoms with Crippen molar-refractivity contribution in [3.63, 3.8) is 0 Å². The highest BCUT2D eigenvalue weighted by Crippen LogP contribution is 2.45. The predicted octanol–water partition coefficient (Wildman–Crippen LogP) is -0.753. The van der Waals surface area contributed by atoms with Gasteiger partial charge in [-0.3, -0.25) is 14.6 Å². The normalized spacial score (nSPS) is 27.9. The fourth-order valence-corrected chi connectivity index (χ4v) is 4.00. The number of aliphatic hydroxyl groups excluding tert-OH is 1. The van der Waals surface area contributed by atoms with E-state index >= 15 is 0 Å². The summed E-state index contributed by atoms with van der Waals surface area (Å²) < 4.78 is 0. The van der Waals surface area contributed by atoms with Crippen molar-refractivity contribution in [3.8, 4) is 0 Å². The van der Waals surface area contributed by atoms with Crippen LogP contribution in [-0.2, 0) is 14.4 Å². The van der Waals surface area contributed by atoms with E-state index in [1.807, 2.05) is 0 Å². The Morgan fingerprint density at radius 1 is 1.52 bits per heavy atom. The van der Waals surface area contributed by atoms with Gasteiger partial charge in [0.15, 0.2) is 0 Å². The van der Waals surface area contributed by atoms with Crippen molar-refractivity contribution in [1.82, 2.24) is 15.5 Å². The Morgan fingerprint density at radius 2 is 2.26 bits per heavy atom. The molecular weight excluding hydrogens is 352 g/mol. The van der Waals surface area contributed by atoms with Gasteiger partial charge in [-0.05, 0) is 18.9 Å². The van der Waals surface area contributed by atoms with Crippen molar-refractivity contribution in [2.75, 3.05) is 19.6 Å². The number of amides is 2. The lowest BCUT2D eigenvalue weighted by molar-refractivity contribution is -0.161. The number of carboxylic acid groups (broad SMARTS) is 1. The van der Waals surface area contributed by atoms with Gasteiger partial charge < -0.3 is 25.7 Å². The van der Waals surface area contributed by atoms with Gasteiger partial charge in [0.2, 0.25) is 11.8 Å². The molecule has 0 radical (unpaired) electrons. The maximum Gasteiger partial charge on any atom is 0.352 e. The van der Waals surface area contributed by atoms with Crippen molar-refractivity contribution >= 4 is 23.6 Å². The van der Waals surface area contributed by atoms with Gasteiger partial charge in [-0.2, -0.15) is 0 Å². The fourth-order valence-electron chi connectivity index (χ4n) is 4.00. The quantitative estimate of drug-likeness (QED) is 0.341. The third-order valence-electron chi connectivity index (χ3n) is 5.28. The van der Waals surface area contributed by atoms with Gasteiger partial charge in [0, 0.05) is 25.6 Å². The number of carboxylic acids is 1. The molecule has 0 saturated carbocycles. The SMILES string of the molecule is C=CCNC(=O)CC1=NCC(C2=C(C(=O)O)N3C(=O)[C@H]([C@@H](C)O)[C@H]3C2)CN1. The molecule has 1 unspecified atom stereocenters. The number of nitrogens with zero attached hydrogens (tertiary/aromatic N) is 2. The minimum atomic E-state index is -1.14. The van der Waals surface area contributed by atoms with Crippen LogP contribution in [0.2, 0.25) is 0 Å². The molecule has 27 heavy (non-hydrogen) atoms. The molecule has 1 saturated heterocycles. The maximum absolute atomic E-state index is 12.3. The van der Waals surface area contributed by atoms with Crippen LogP contribution in [-0.4, -0.2) is 70.5 Å². The first-order valence-corrected chi connectivity index (χ1v) is 8.97. The third kappa shape index (κ3) is 3.46. The minimum Gasteiger partial charge on any atom is -0.477 e. The van der Waals surface area contributed by atoms with E-state index in [-0.39, 0.29) is 35.9 Å². The molecular formula is C18H24N4O5. The average molecular weight is 376 g/mol. The van der Waals surface area contributed by atoms with Crippen molar-refractivity contribution in [1.29, 1.82) is 0 Å². The van der Waals surface area contributed by atoms with Gasteiger partial charge in [-0.15, -0.1) is 6.58 Å². The maximum atomic E-state index is 12.3. The largest absolute Gasteiger partial charge is 0.477 e. The number of amidine groups is 1. The predicted molar refractivity (Wildman–Crippen MR) is 96.7 cm³/mol. The number of rotatable bonds is 7. The molecule has 0 aromatic heterocycles.